The first-order chi connectivity index (χ1) is 8.93. The molecule has 0 aliphatic rings. The van der Waals surface area contributed by atoms with Crippen LogP contribution in [-0.4, -0.2) is 28.8 Å². The van der Waals surface area contributed by atoms with Crippen molar-refractivity contribution in [3.8, 4) is 0 Å². The summed E-state index contributed by atoms with van der Waals surface area (Å²) in [6, 6.07) is 4.37. The molecular weight excluding hydrogens is 268 g/mol. The topological polar surface area (TPSA) is 63.5 Å². The fourth-order valence-electron chi connectivity index (χ4n) is 2.02. The largest absolute Gasteiger partial charge is 0.339 e. The average Bonchev–Trinajstić information content (AvgIpc) is 2.39. The molecule has 0 radical (unpaired) electrons. The highest BCUT2D eigenvalue weighted by Gasteiger charge is 2.24. The van der Waals surface area contributed by atoms with Gasteiger partial charge in [0.2, 0.25) is 0 Å². The van der Waals surface area contributed by atoms with E-state index >= 15 is 0 Å². The summed E-state index contributed by atoms with van der Waals surface area (Å²) >= 11 is 5.94. The van der Waals surface area contributed by atoms with Gasteiger partial charge in [-0.1, -0.05) is 31.5 Å². The lowest BCUT2D eigenvalue weighted by atomic mass is 10.1. The van der Waals surface area contributed by atoms with Crippen LogP contribution in [0.3, 0.4) is 0 Å². The molecule has 0 saturated heterocycles. The Morgan fingerprint density at radius 2 is 2.00 bits per heavy atom. The summed E-state index contributed by atoms with van der Waals surface area (Å²) in [4.78, 5) is 24.1. The first kappa shape index (κ1) is 15.4. The third-order valence-corrected chi connectivity index (χ3v) is 3.61. The molecule has 1 amide bonds. The Bertz CT molecular complexity index is 487. The van der Waals surface area contributed by atoms with E-state index in [0.29, 0.717) is 0 Å². The first-order valence-corrected chi connectivity index (χ1v) is 6.51. The number of carbonyl (C=O) groups excluding carboxylic acids is 1. The minimum Gasteiger partial charge on any atom is -0.339 e. The number of nitrogens with zero attached hydrogens (tertiary/aromatic N) is 2. The van der Waals surface area contributed by atoms with Gasteiger partial charge in [0.15, 0.2) is 0 Å². The van der Waals surface area contributed by atoms with Crippen LogP contribution in [0.5, 0.6) is 0 Å². The number of nitro benzene ring substituents is 1. The number of amides is 1. The van der Waals surface area contributed by atoms with Crippen LogP contribution in [0, 0.1) is 10.1 Å². The van der Waals surface area contributed by atoms with Crippen LogP contribution in [0.25, 0.3) is 0 Å². The molecule has 0 saturated carbocycles. The van der Waals surface area contributed by atoms with E-state index in [4.69, 9.17) is 11.6 Å². The molecule has 6 heteroatoms. The van der Waals surface area contributed by atoms with Gasteiger partial charge in [0.25, 0.3) is 11.6 Å². The summed E-state index contributed by atoms with van der Waals surface area (Å²) in [5.41, 5.74) is -0.0734. The van der Waals surface area contributed by atoms with Crippen LogP contribution in [-0.2, 0) is 0 Å². The molecule has 1 rings (SSSR count). The van der Waals surface area contributed by atoms with Crippen molar-refractivity contribution in [2.24, 2.45) is 0 Å². The Kier molecular flexibility index (Phi) is 5.30. The molecule has 19 heavy (non-hydrogen) atoms. The van der Waals surface area contributed by atoms with E-state index in [0.717, 1.165) is 12.8 Å². The van der Waals surface area contributed by atoms with Crippen LogP contribution in [0.4, 0.5) is 5.69 Å². The summed E-state index contributed by atoms with van der Waals surface area (Å²) in [6.45, 7) is 3.99. The SMILES string of the molecule is CCC(CC)N(C)C(=O)c1cccc([N+](=O)[O-])c1Cl. The number of rotatable bonds is 5. The smallest absolute Gasteiger partial charge is 0.288 e. The highest BCUT2D eigenvalue weighted by Crippen LogP contribution is 2.29. The minimum atomic E-state index is -0.587. The van der Waals surface area contributed by atoms with Crippen molar-refractivity contribution in [2.75, 3.05) is 7.05 Å². The molecule has 0 N–H and O–H groups in total. The van der Waals surface area contributed by atoms with E-state index in [1.807, 2.05) is 13.8 Å². The maximum absolute atomic E-state index is 12.3. The predicted octanol–water partition coefficient (Wildman–Crippen LogP) is 3.51. The molecule has 1 aromatic carbocycles. The Morgan fingerprint density at radius 1 is 1.42 bits per heavy atom. The van der Waals surface area contributed by atoms with Gasteiger partial charge in [-0.2, -0.15) is 0 Å². The minimum absolute atomic E-state index is 0.0998. The molecule has 5 nitrogen and oxygen atoms in total. The van der Waals surface area contributed by atoms with Crippen molar-refractivity contribution in [1.29, 1.82) is 0 Å². The number of benzene rings is 1. The van der Waals surface area contributed by atoms with Crippen molar-refractivity contribution in [3.63, 3.8) is 0 Å². The van der Waals surface area contributed by atoms with Crippen molar-refractivity contribution in [1.82, 2.24) is 4.90 Å². The molecule has 0 fully saturated rings. The fourth-order valence-corrected chi connectivity index (χ4v) is 2.29. The Morgan fingerprint density at radius 3 is 2.47 bits per heavy atom. The molecule has 0 atom stereocenters. The highest BCUT2D eigenvalue weighted by molar-refractivity contribution is 6.35. The van der Waals surface area contributed by atoms with Crippen molar-refractivity contribution in [2.45, 2.75) is 32.7 Å². The number of nitro groups is 1. The normalized spacial score (nSPS) is 10.6. The van der Waals surface area contributed by atoms with Gasteiger partial charge in [-0.3, -0.25) is 14.9 Å². The van der Waals surface area contributed by atoms with Crippen molar-refractivity contribution >= 4 is 23.2 Å². The quantitative estimate of drug-likeness (QED) is 0.614. The predicted molar refractivity (Wildman–Crippen MR) is 74.6 cm³/mol. The Balaban J connectivity index is 3.13. The van der Waals surface area contributed by atoms with Gasteiger partial charge in [0.05, 0.1) is 10.5 Å². The second-order valence-corrected chi connectivity index (χ2v) is 4.66. The summed E-state index contributed by atoms with van der Waals surface area (Å²) in [5, 5.41) is 10.7. The van der Waals surface area contributed by atoms with Gasteiger partial charge in [0, 0.05) is 19.2 Å². The third-order valence-electron chi connectivity index (χ3n) is 3.22. The first-order valence-electron chi connectivity index (χ1n) is 6.14. The van der Waals surface area contributed by atoms with Crippen LogP contribution in [0.2, 0.25) is 5.02 Å². The molecule has 1 aromatic rings. The summed E-state index contributed by atoms with van der Waals surface area (Å²) < 4.78 is 0. The van der Waals surface area contributed by atoms with Gasteiger partial charge in [-0.15, -0.1) is 0 Å². The zero-order valence-electron chi connectivity index (χ0n) is 11.2. The van der Waals surface area contributed by atoms with E-state index in [2.05, 4.69) is 0 Å². The number of halogens is 1. The van der Waals surface area contributed by atoms with E-state index < -0.39 is 4.92 Å². The molecule has 0 spiro atoms. The zero-order valence-corrected chi connectivity index (χ0v) is 12.0. The van der Waals surface area contributed by atoms with Gasteiger partial charge in [-0.05, 0) is 18.9 Å². The summed E-state index contributed by atoms with van der Waals surface area (Å²) in [5.74, 6) is -0.289. The van der Waals surface area contributed by atoms with Gasteiger partial charge in [0.1, 0.15) is 5.02 Å². The number of carbonyl (C=O) groups is 1. The zero-order chi connectivity index (χ0) is 14.6. The van der Waals surface area contributed by atoms with Crippen LogP contribution < -0.4 is 0 Å². The van der Waals surface area contributed by atoms with E-state index in [9.17, 15) is 14.9 Å². The van der Waals surface area contributed by atoms with Crippen molar-refractivity contribution < 1.29 is 9.72 Å². The summed E-state index contributed by atoms with van der Waals surface area (Å²) in [6.07, 6.45) is 1.65. The Labute approximate surface area is 117 Å². The van der Waals surface area contributed by atoms with E-state index in [1.165, 1.54) is 18.2 Å². The van der Waals surface area contributed by atoms with E-state index in [-0.39, 0.29) is 28.2 Å². The fraction of sp³-hybridized carbons (Fsp3) is 0.462. The average molecular weight is 285 g/mol. The lowest BCUT2D eigenvalue weighted by Crippen LogP contribution is -2.36. The van der Waals surface area contributed by atoms with Crippen LogP contribution in [0.15, 0.2) is 18.2 Å². The maximum Gasteiger partial charge on any atom is 0.288 e. The van der Waals surface area contributed by atoms with Gasteiger partial charge in [-0.25, -0.2) is 0 Å². The van der Waals surface area contributed by atoms with Crippen LogP contribution >= 0.6 is 11.6 Å². The number of hydrogen-bond donors (Lipinski definition) is 0. The maximum atomic E-state index is 12.3. The van der Waals surface area contributed by atoms with Crippen molar-refractivity contribution in [3.05, 3.63) is 38.9 Å². The second-order valence-electron chi connectivity index (χ2n) is 4.28. The lowest BCUT2D eigenvalue weighted by molar-refractivity contribution is -0.384. The van der Waals surface area contributed by atoms with Gasteiger partial charge >= 0.3 is 0 Å². The molecule has 0 unspecified atom stereocenters. The highest BCUT2D eigenvalue weighted by atomic mass is 35.5. The molecule has 0 bridgehead atoms. The standard InChI is InChI=1S/C13H17ClN2O3/c1-4-9(5-2)15(3)13(17)10-7-6-8-11(12(10)14)16(18)19/h6-9H,4-5H2,1-3H3. The molecule has 0 aromatic heterocycles. The number of hydrogen-bond acceptors (Lipinski definition) is 3. The molecule has 0 aliphatic carbocycles. The summed E-state index contributed by atoms with van der Waals surface area (Å²) in [7, 11) is 1.69. The van der Waals surface area contributed by atoms with Crippen LogP contribution in [0.1, 0.15) is 37.0 Å². The van der Waals surface area contributed by atoms with Gasteiger partial charge < -0.3 is 4.90 Å². The monoisotopic (exact) mass is 284 g/mol. The molecule has 0 heterocycles. The molecule has 104 valence electrons. The third kappa shape index (κ3) is 3.23. The van der Waals surface area contributed by atoms with E-state index in [1.54, 1.807) is 11.9 Å². The Hall–Kier alpha value is -1.62. The lowest BCUT2D eigenvalue weighted by Gasteiger charge is -2.26. The molecule has 0 aliphatic heterocycles. The molecular formula is C13H17ClN2O3. The second kappa shape index (κ2) is 6.52.